The molecule has 15 heteroatoms. The predicted octanol–water partition coefficient (Wildman–Crippen LogP) is 4.46. The first-order valence-electron chi connectivity index (χ1n) is 20.8. The number of phenols is 1. The number of Topliss-reactive ketones (excluding diaryl/α,β-unsaturated/α-hetero) is 2. The fourth-order valence-electron chi connectivity index (χ4n) is 6.40. The van der Waals surface area contributed by atoms with Gasteiger partial charge in [0, 0.05) is 25.8 Å². The van der Waals surface area contributed by atoms with Crippen LogP contribution >= 0.6 is 0 Å². The van der Waals surface area contributed by atoms with E-state index in [-0.39, 0.29) is 74.3 Å². The van der Waals surface area contributed by atoms with Crippen LogP contribution in [-0.2, 0) is 40.0 Å². The van der Waals surface area contributed by atoms with Gasteiger partial charge in [0.25, 0.3) is 0 Å². The fraction of sp³-hybridized carbons (Fsp3) is 0.690. The molecule has 1 rings (SSSR count). The number of phenolic OH excluding ortho intramolecular Hbond substituents is 1. The van der Waals surface area contributed by atoms with E-state index in [9.17, 15) is 43.8 Å². The Morgan fingerprint density at radius 3 is 1.63 bits per heavy atom. The average Bonchev–Trinajstić information content (AvgIpc) is 3.15. The third-order valence-electron chi connectivity index (χ3n) is 9.81. The molecule has 0 unspecified atom stereocenters. The molecular weight excluding hydrogens is 734 g/mol. The number of carbonyl (C=O) groups excluding carboxylic acids is 5. The molecule has 0 saturated carbocycles. The summed E-state index contributed by atoms with van der Waals surface area (Å²) in [5, 5.41) is 38.9. The van der Waals surface area contributed by atoms with Gasteiger partial charge >= 0.3 is 11.9 Å². The molecule has 0 aliphatic carbocycles. The van der Waals surface area contributed by atoms with Crippen molar-refractivity contribution in [1.82, 2.24) is 21.3 Å². The van der Waals surface area contributed by atoms with Crippen LogP contribution in [-0.4, -0.2) is 94.3 Å². The van der Waals surface area contributed by atoms with E-state index < -0.39 is 36.0 Å². The van der Waals surface area contributed by atoms with E-state index in [2.05, 4.69) is 21.3 Å². The largest absolute Gasteiger partial charge is 0.508 e. The van der Waals surface area contributed by atoms with E-state index in [0.717, 1.165) is 50.5 Å². The zero-order valence-corrected chi connectivity index (χ0v) is 34.0. The number of benzene rings is 1. The molecule has 0 bridgehead atoms. The van der Waals surface area contributed by atoms with Crippen LogP contribution in [0.4, 0.5) is 0 Å². The number of aliphatic carboxylic acids is 2. The van der Waals surface area contributed by atoms with Crippen molar-refractivity contribution in [2.45, 2.75) is 166 Å². The third kappa shape index (κ3) is 27.8. The summed E-state index contributed by atoms with van der Waals surface area (Å²) >= 11 is 0. The molecule has 15 nitrogen and oxygen atoms in total. The van der Waals surface area contributed by atoms with Crippen LogP contribution < -0.4 is 27.0 Å². The van der Waals surface area contributed by atoms with Crippen LogP contribution in [0.5, 0.6) is 5.75 Å². The van der Waals surface area contributed by atoms with Gasteiger partial charge in [-0.2, -0.15) is 0 Å². The summed E-state index contributed by atoms with van der Waals surface area (Å²) in [5.41, 5.74) is 6.28. The van der Waals surface area contributed by atoms with Crippen LogP contribution in [0.1, 0.15) is 147 Å². The van der Waals surface area contributed by atoms with Crippen LogP contribution in [0.3, 0.4) is 0 Å². The lowest BCUT2D eigenvalue weighted by molar-refractivity contribution is -0.142. The van der Waals surface area contributed by atoms with Crippen LogP contribution in [0.15, 0.2) is 24.3 Å². The number of aromatic hydroxyl groups is 1. The lowest BCUT2D eigenvalue weighted by atomic mass is 10.0. The molecule has 9 N–H and O–H groups in total. The number of ketones is 2. The Morgan fingerprint density at radius 2 is 1.12 bits per heavy atom. The molecule has 0 aromatic heterocycles. The van der Waals surface area contributed by atoms with Gasteiger partial charge in [-0.05, 0) is 69.6 Å². The van der Waals surface area contributed by atoms with Crippen molar-refractivity contribution in [1.29, 1.82) is 0 Å². The Balaban J connectivity index is 2.24. The number of nitrogens with two attached hydrogens (primary N) is 1. The number of nitrogens with one attached hydrogen (secondary N) is 4. The second kappa shape index (κ2) is 31.7. The van der Waals surface area contributed by atoms with Crippen molar-refractivity contribution in [2.24, 2.45) is 5.73 Å². The highest BCUT2D eigenvalue weighted by Crippen LogP contribution is 2.15. The number of hydrogen-bond donors (Lipinski definition) is 8. The standard InChI is InChI=1S/C42H69N5O10/c1-31(48)29-45-34(37(50)30-46-36(41(43)55)28-32-21-23-33(49)24-22-32)18-16-17-27-44-38(51)26-25-35(42(56)57)47-39(52)19-14-12-10-8-6-4-2-3-5-7-9-11-13-15-20-40(53)54/h21-24,34-36,45-46,49H,2-20,25-30H2,1H3,(H2,43,55)(H,44,51)(H,47,52)(H,53,54)(H,56,57)/t34-,35-,36-/m0/s1. The molecule has 57 heavy (non-hydrogen) atoms. The predicted molar refractivity (Wildman–Crippen MR) is 217 cm³/mol. The number of carboxylic acids is 2. The minimum Gasteiger partial charge on any atom is -0.508 e. The zero-order chi connectivity index (χ0) is 42.3. The summed E-state index contributed by atoms with van der Waals surface area (Å²) in [6, 6.07) is 3.64. The monoisotopic (exact) mass is 804 g/mol. The molecule has 1 aromatic carbocycles. The van der Waals surface area contributed by atoms with Crippen molar-refractivity contribution in [3.05, 3.63) is 29.8 Å². The summed E-state index contributed by atoms with van der Waals surface area (Å²) in [6.45, 7) is 1.52. The number of rotatable bonds is 37. The van der Waals surface area contributed by atoms with E-state index >= 15 is 0 Å². The van der Waals surface area contributed by atoms with Crippen LogP contribution in [0.25, 0.3) is 0 Å². The molecule has 0 fully saturated rings. The number of amides is 3. The van der Waals surface area contributed by atoms with Crippen molar-refractivity contribution in [2.75, 3.05) is 19.6 Å². The van der Waals surface area contributed by atoms with Gasteiger partial charge in [-0.3, -0.25) is 34.1 Å². The SMILES string of the molecule is CC(=O)CN[C@@H](CCCCNC(=O)CC[C@H](NC(=O)CCCCCCCCCCCCCCCCC(=O)O)C(=O)O)C(=O)CN[C@@H](Cc1ccc(O)cc1)C(N)=O. The highest BCUT2D eigenvalue weighted by atomic mass is 16.4. The first kappa shape index (κ1) is 50.6. The van der Waals surface area contributed by atoms with Gasteiger partial charge in [-0.1, -0.05) is 89.2 Å². The molecule has 0 spiro atoms. The number of carbonyl (C=O) groups is 7. The van der Waals surface area contributed by atoms with Gasteiger partial charge < -0.3 is 37.0 Å². The van der Waals surface area contributed by atoms with E-state index in [1.807, 2.05) is 0 Å². The lowest BCUT2D eigenvalue weighted by Gasteiger charge is -2.20. The van der Waals surface area contributed by atoms with E-state index in [4.69, 9.17) is 10.8 Å². The Bertz CT molecular complexity index is 1360. The van der Waals surface area contributed by atoms with Crippen molar-refractivity contribution in [3.63, 3.8) is 0 Å². The van der Waals surface area contributed by atoms with Gasteiger partial charge in [0.15, 0.2) is 5.78 Å². The van der Waals surface area contributed by atoms with Crippen molar-refractivity contribution >= 4 is 41.2 Å². The maximum absolute atomic E-state index is 13.0. The van der Waals surface area contributed by atoms with Gasteiger partial charge in [0.05, 0.1) is 25.2 Å². The van der Waals surface area contributed by atoms with E-state index in [1.54, 1.807) is 12.1 Å². The topological polar surface area (TPSA) is 254 Å². The van der Waals surface area contributed by atoms with Gasteiger partial charge in [-0.15, -0.1) is 0 Å². The summed E-state index contributed by atoms with van der Waals surface area (Å²) in [5.74, 6) is -3.56. The quantitative estimate of drug-likeness (QED) is 0.0434. The first-order chi connectivity index (χ1) is 27.3. The summed E-state index contributed by atoms with van der Waals surface area (Å²) in [6.07, 6.45) is 17.0. The molecule has 3 amide bonds. The number of unbranched alkanes of at least 4 members (excludes halogenated alkanes) is 14. The third-order valence-corrected chi connectivity index (χ3v) is 9.81. The minimum absolute atomic E-state index is 0.00877. The molecule has 0 heterocycles. The zero-order valence-electron chi connectivity index (χ0n) is 34.0. The maximum Gasteiger partial charge on any atom is 0.326 e. The molecule has 0 aliphatic rings. The normalized spacial score (nSPS) is 12.6. The fourth-order valence-corrected chi connectivity index (χ4v) is 6.40. The number of hydrogen-bond acceptors (Lipinski definition) is 10. The summed E-state index contributed by atoms with van der Waals surface area (Å²) in [7, 11) is 0. The number of primary amides is 1. The Hall–Kier alpha value is -4.37. The van der Waals surface area contributed by atoms with Gasteiger partial charge in [-0.25, -0.2) is 4.79 Å². The van der Waals surface area contributed by atoms with Crippen molar-refractivity contribution in [3.8, 4) is 5.75 Å². The second-order valence-corrected chi connectivity index (χ2v) is 15.0. The molecule has 0 aliphatic heterocycles. The number of carboxylic acid groups (broad SMARTS) is 2. The summed E-state index contributed by atoms with van der Waals surface area (Å²) < 4.78 is 0. The smallest absolute Gasteiger partial charge is 0.326 e. The molecule has 0 saturated heterocycles. The maximum atomic E-state index is 13.0. The first-order valence-corrected chi connectivity index (χ1v) is 20.8. The van der Waals surface area contributed by atoms with Crippen LogP contribution in [0, 0.1) is 0 Å². The molecule has 0 radical (unpaired) electrons. The van der Waals surface area contributed by atoms with Gasteiger partial charge in [0.2, 0.25) is 17.7 Å². The Labute approximate surface area is 338 Å². The van der Waals surface area contributed by atoms with Crippen LogP contribution in [0.2, 0.25) is 0 Å². The molecule has 322 valence electrons. The molecular formula is C42H69N5O10. The highest BCUT2D eigenvalue weighted by Gasteiger charge is 2.23. The van der Waals surface area contributed by atoms with Crippen molar-refractivity contribution < 1.29 is 48.9 Å². The van der Waals surface area contributed by atoms with Gasteiger partial charge in [0.1, 0.15) is 17.6 Å². The molecule has 3 atom stereocenters. The summed E-state index contributed by atoms with van der Waals surface area (Å²) in [4.78, 5) is 83.8. The lowest BCUT2D eigenvalue weighted by Crippen LogP contribution is -2.49. The molecule has 1 aromatic rings. The Kier molecular flexibility index (Phi) is 28.2. The van der Waals surface area contributed by atoms with E-state index in [0.29, 0.717) is 32.2 Å². The van der Waals surface area contributed by atoms with E-state index in [1.165, 1.54) is 57.6 Å². The average molecular weight is 804 g/mol. The second-order valence-electron chi connectivity index (χ2n) is 15.0. The Morgan fingerprint density at radius 1 is 0.596 bits per heavy atom. The minimum atomic E-state index is -1.20. The highest BCUT2D eigenvalue weighted by molar-refractivity contribution is 5.88.